The van der Waals surface area contributed by atoms with Crippen molar-refractivity contribution < 1.29 is 9.53 Å². The van der Waals surface area contributed by atoms with Crippen molar-refractivity contribution in [2.75, 3.05) is 26.8 Å². The molecule has 0 radical (unpaired) electrons. The number of amides is 1. The normalized spacial score (nSPS) is 19.9. The van der Waals surface area contributed by atoms with Gasteiger partial charge in [-0.1, -0.05) is 0 Å². The smallest absolute Gasteiger partial charge is 0.220 e. The molecule has 1 aromatic heterocycles. The second-order valence-corrected chi connectivity index (χ2v) is 5.38. The number of nitrogens with zero attached hydrogens (tertiary/aromatic N) is 1. The first-order chi connectivity index (χ1) is 9.74. The highest BCUT2D eigenvalue weighted by Crippen LogP contribution is 2.18. The fourth-order valence-electron chi connectivity index (χ4n) is 2.63. The molecule has 1 aliphatic heterocycles. The van der Waals surface area contributed by atoms with E-state index in [1.165, 1.54) is 0 Å². The number of aryl methyl sites for hydroxylation is 1. The quantitative estimate of drug-likeness (QED) is 0.786. The molecule has 0 spiro atoms. The molecule has 7 heteroatoms. The van der Waals surface area contributed by atoms with Crippen LogP contribution >= 0.6 is 24.8 Å². The van der Waals surface area contributed by atoms with Gasteiger partial charge in [0.1, 0.15) is 0 Å². The van der Waals surface area contributed by atoms with Gasteiger partial charge in [-0.2, -0.15) is 0 Å². The molecule has 1 saturated heterocycles. The van der Waals surface area contributed by atoms with Crippen molar-refractivity contribution in [3.05, 3.63) is 30.1 Å². The molecule has 126 valence electrons. The maximum absolute atomic E-state index is 11.9. The van der Waals surface area contributed by atoms with E-state index in [1.54, 1.807) is 19.5 Å². The van der Waals surface area contributed by atoms with Crippen LogP contribution in [0.5, 0.6) is 0 Å². The molecule has 1 fully saturated rings. The summed E-state index contributed by atoms with van der Waals surface area (Å²) in [6.07, 6.45) is 6.94. The molecule has 5 nitrogen and oxygen atoms in total. The molecular formula is C15H25Cl2N3O2. The van der Waals surface area contributed by atoms with Gasteiger partial charge >= 0.3 is 0 Å². The predicted octanol–water partition coefficient (Wildman–Crippen LogP) is 1.74. The van der Waals surface area contributed by atoms with E-state index in [0.717, 1.165) is 31.4 Å². The molecule has 22 heavy (non-hydrogen) atoms. The van der Waals surface area contributed by atoms with Crippen LogP contribution < -0.4 is 10.6 Å². The van der Waals surface area contributed by atoms with Gasteiger partial charge in [0.2, 0.25) is 5.91 Å². The Hall–Kier alpha value is -0.880. The van der Waals surface area contributed by atoms with Crippen LogP contribution in [0.1, 0.15) is 24.8 Å². The summed E-state index contributed by atoms with van der Waals surface area (Å²) in [5, 5.41) is 6.48. The molecule has 1 atom stereocenters. The number of hydrogen-bond donors (Lipinski definition) is 2. The number of nitrogens with one attached hydrogen (secondary N) is 2. The third-order valence-electron chi connectivity index (χ3n) is 3.77. The van der Waals surface area contributed by atoms with E-state index in [-0.39, 0.29) is 36.3 Å². The number of halogens is 2. The van der Waals surface area contributed by atoms with Crippen LogP contribution in [-0.2, 0) is 16.0 Å². The van der Waals surface area contributed by atoms with Crippen molar-refractivity contribution in [3.8, 4) is 0 Å². The highest BCUT2D eigenvalue weighted by molar-refractivity contribution is 5.85. The number of ether oxygens (including phenoxy) is 1. The molecule has 2 N–H and O–H groups in total. The number of hydrogen-bond acceptors (Lipinski definition) is 4. The SMILES string of the molecule is COCC1(CNC(=O)CCc2ccncc2)CCCN1.Cl.Cl. The summed E-state index contributed by atoms with van der Waals surface area (Å²) in [5.41, 5.74) is 1.06. The Morgan fingerprint density at radius 2 is 2.14 bits per heavy atom. The highest BCUT2D eigenvalue weighted by atomic mass is 35.5. The molecule has 2 rings (SSSR count). The molecule has 1 aliphatic rings. The Morgan fingerprint density at radius 1 is 1.41 bits per heavy atom. The minimum Gasteiger partial charge on any atom is -0.383 e. The average molecular weight is 350 g/mol. The topological polar surface area (TPSA) is 63.2 Å². The molecule has 2 heterocycles. The molecule has 0 bridgehead atoms. The largest absolute Gasteiger partial charge is 0.383 e. The average Bonchev–Trinajstić information content (AvgIpc) is 2.93. The lowest BCUT2D eigenvalue weighted by molar-refractivity contribution is -0.121. The Morgan fingerprint density at radius 3 is 2.73 bits per heavy atom. The summed E-state index contributed by atoms with van der Waals surface area (Å²) >= 11 is 0. The second kappa shape index (κ2) is 10.8. The molecule has 0 saturated carbocycles. The third-order valence-corrected chi connectivity index (χ3v) is 3.77. The predicted molar refractivity (Wildman–Crippen MR) is 91.9 cm³/mol. The lowest BCUT2D eigenvalue weighted by atomic mass is 9.98. The van der Waals surface area contributed by atoms with Gasteiger partial charge in [0.15, 0.2) is 0 Å². The lowest BCUT2D eigenvalue weighted by Crippen LogP contribution is -2.53. The van der Waals surface area contributed by atoms with Crippen LogP contribution in [0.15, 0.2) is 24.5 Å². The van der Waals surface area contributed by atoms with Gasteiger partial charge in [-0.3, -0.25) is 9.78 Å². The molecule has 1 amide bonds. The van der Waals surface area contributed by atoms with E-state index in [2.05, 4.69) is 15.6 Å². The number of carbonyl (C=O) groups is 1. The Bertz CT molecular complexity index is 426. The van der Waals surface area contributed by atoms with Crippen molar-refractivity contribution in [3.63, 3.8) is 0 Å². The standard InChI is InChI=1S/C15H23N3O2.2ClH/c1-20-12-15(7-2-8-18-15)11-17-14(19)4-3-13-5-9-16-10-6-13;;/h5-6,9-10,18H,2-4,7-8,11-12H2,1H3,(H,17,19);2*1H. The number of carbonyl (C=O) groups excluding carboxylic acids is 1. The zero-order valence-corrected chi connectivity index (χ0v) is 14.5. The van der Waals surface area contributed by atoms with Crippen molar-refractivity contribution >= 4 is 30.7 Å². The third kappa shape index (κ3) is 6.48. The lowest BCUT2D eigenvalue weighted by Gasteiger charge is -2.29. The van der Waals surface area contributed by atoms with E-state index >= 15 is 0 Å². The van der Waals surface area contributed by atoms with E-state index in [4.69, 9.17) is 4.74 Å². The Kier molecular flexibility index (Phi) is 10.3. The minimum absolute atomic E-state index is 0. The number of methoxy groups -OCH3 is 1. The first kappa shape index (κ1) is 21.1. The summed E-state index contributed by atoms with van der Waals surface area (Å²) in [4.78, 5) is 15.9. The summed E-state index contributed by atoms with van der Waals surface area (Å²) in [6.45, 7) is 2.27. The van der Waals surface area contributed by atoms with Crippen LogP contribution in [0.25, 0.3) is 0 Å². The first-order valence-electron chi connectivity index (χ1n) is 7.14. The molecular weight excluding hydrogens is 325 g/mol. The van der Waals surface area contributed by atoms with Crippen LogP contribution in [0.2, 0.25) is 0 Å². The van der Waals surface area contributed by atoms with Crippen molar-refractivity contribution in [1.29, 1.82) is 0 Å². The zero-order chi connectivity index (χ0) is 14.3. The Labute approximate surface area is 144 Å². The van der Waals surface area contributed by atoms with Crippen molar-refractivity contribution in [1.82, 2.24) is 15.6 Å². The van der Waals surface area contributed by atoms with Gasteiger partial charge in [-0.15, -0.1) is 24.8 Å². The summed E-state index contributed by atoms with van der Waals surface area (Å²) in [5.74, 6) is 0.0889. The monoisotopic (exact) mass is 349 g/mol. The van der Waals surface area contributed by atoms with Gasteiger partial charge in [-0.25, -0.2) is 0 Å². The van der Waals surface area contributed by atoms with Gasteiger partial charge in [-0.05, 0) is 43.5 Å². The fraction of sp³-hybridized carbons (Fsp3) is 0.600. The van der Waals surface area contributed by atoms with E-state index in [9.17, 15) is 4.79 Å². The molecule has 0 aromatic carbocycles. The Balaban J connectivity index is 0.00000220. The van der Waals surface area contributed by atoms with Gasteiger partial charge in [0.25, 0.3) is 0 Å². The number of rotatable bonds is 7. The summed E-state index contributed by atoms with van der Waals surface area (Å²) < 4.78 is 5.27. The van der Waals surface area contributed by atoms with Crippen LogP contribution in [0, 0.1) is 0 Å². The molecule has 1 aromatic rings. The van der Waals surface area contributed by atoms with Crippen molar-refractivity contribution in [2.24, 2.45) is 0 Å². The van der Waals surface area contributed by atoms with Crippen LogP contribution in [0.4, 0.5) is 0 Å². The summed E-state index contributed by atoms with van der Waals surface area (Å²) in [7, 11) is 1.70. The maximum Gasteiger partial charge on any atom is 0.220 e. The van der Waals surface area contributed by atoms with Crippen LogP contribution in [-0.4, -0.2) is 43.2 Å². The van der Waals surface area contributed by atoms with Gasteiger partial charge in [0.05, 0.1) is 12.1 Å². The highest BCUT2D eigenvalue weighted by Gasteiger charge is 2.33. The van der Waals surface area contributed by atoms with Crippen LogP contribution in [0.3, 0.4) is 0 Å². The van der Waals surface area contributed by atoms with Gasteiger partial charge < -0.3 is 15.4 Å². The van der Waals surface area contributed by atoms with E-state index in [0.29, 0.717) is 19.6 Å². The second-order valence-electron chi connectivity index (χ2n) is 5.38. The number of aromatic nitrogens is 1. The minimum atomic E-state index is -0.0823. The zero-order valence-electron chi connectivity index (χ0n) is 12.8. The first-order valence-corrected chi connectivity index (χ1v) is 7.14. The fourth-order valence-corrected chi connectivity index (χ4v) is 2.63. The molecule has 0 aliphatic carbocycles. The number of pyridine rings is 1. The summed E-state index contributed by atoms with van der Waals surface area (Å²) in [6, 6.07) is 3.89. The van der Waals surface area contributed by atoms with E-state index < -0.39 is 0 Å². The molecule has 1 unspecified atom stereocenters. The van der Waals surface area contributed by atoms with E-state index in [1.807, 2.05) is 12.1 Å². The maximum atomic E-state index is 11.9. The van der Waals surface area contributed by atoms with Crippen molar-refractivity contribution in [2.45, 2.75) is 31.2 Å². The van der Waals surface area contributed by atoms with Gasteiger partial charge in [0, 0.05) is 32.5 Å².